The molecule has 0 aromatic carbocycles. The summed E-state index contributed by atoms with van der Waals surface area (Å²) < 4.78 is 11.5. The van der Waals surface area contributed by atoms with E-state index >= 15 is 0 Å². The number of hydrogen-bond acceptors (Lipinski definition) is 4. The molecule has 0 amide bonds. The second kappa shape index (κ2) is 5.67. The Bertz CT molecular complexity index is 349. The number of nitrogens with zero attached hydrogens (tertiary/aromatic N) is 1. The van der Waals surface area contributed by atoms with E-state index in [1.807, 2.05) is 19.1 Å². The van der Waals surface area contributed by atoms with Gasteiger partial charge in [-0.05, 0) is 32.0 Å². The highest BCUT2D eigenvalue weighted by Gasteiger charge is 2.34. The van der Waals surface area contributed by atoms with Crippen molar-refractivity contribution in [1.82, 2.24) is 4.90 Å². The molecule has 0 radical (unpaired) electrons. The Morgan fingerprint density at radius 3 is 2.88 bits per heavy atom. The monoisotopic (exact) mass is 238 g/mol. The Labute approximate surface area is 103 Å². The quantitative estimate of drug-likeness (QED) is 0.867. The summed E-state index contributed by atoms with van der Waals surface area (Å²) in [7, 11) is 0. The fraction of sp³-hybridized carbons (Fsp3) is 0.692. The summed E-state index contributed by atoms with van der Waals surface area (Å²) in [6.07, 6.45) is 1.17. The van der Waals surface area contributed by atoms with Crippen molar-refractivity contribution in [1.29, 1.82) is 0 Å². The second-order valence-corrected chi connectivity index (χ2v) is 4.57. The lowest BCUT2D eigenvalue weighted by atomic mass is 10.0. The van der Waals surface area contributed by atoms with Crippen LogP contribution in [0.25, 0.3) is 0 Å². The van der Waals surface area contributed by atoms with Crippen molar-refractivity contribution >= 4 is 0 Å². The van der Waals surface area contributed by atoms with Gasteiger partial charge in [-0.15, -0.1) is 0 Å². The van der Waals surface area contributed by atoms with Gasteiger partial charge < -0.3 is 14.9 Å². The predicted molar refractivity (Wildman–Crippen MR) is 66.8 cm³/mol. The number of nitrogens with two attached hydrogens (primary N) is 1. The average molecular weight is 238 g/mol. The molecule has 96 valence electrons. The van der Waals surface area contributed by atoms with E-state index in [-0.39, 0.29) is 12.1 Å². The van der Waals surface area contributed by atoms with E-state index in [0.29, 0.717) is 6.54 Å². The molecule has 17 heavy (non-hydrogen) atoms. The third-order valence-electron chi connectivity index (χ3n) is 3.25. The molecule has 1 saturated heterocycles. The van der Waals surface area contributed by atoms with E-state index in [1.54, 1.807) is 0 Å². The number of ether oxygens (including phenoxy) is 1. The number of hydrogen-bond donors (Lipinski definition) is 1. The molecule has 2 unspecified atom stereocenters. The topological polar surface area (TPSA) is 51.6 Å². The van der Waals surface area contributed by atoms with Crippen LogP contribution >= 0.6 is 0 Å². The fourth-order valence-corrected chi connectivity index (χ4v) is 2.50. The van der Waals surface area contributed by atoms with Gasteiger partial charge in [0.05, 0.1) is 18.8 Å². The summed E-state index contributed by atoms with van der Waals surface area (Å²) >= 11 is 0. The van der Waals surface area contributed by atoms with E-state index in [4.69, 9.17) is 14.9 Å². The summed E-state index contributed by atoms with van der Waals surface area (Å²) in [5.74, 6) is 1.92. The molecular weight excluding hydrogens is 216 g/mol. The molecule has 0 bridgehead atoms. The zero-order valence-corrected chi connectivity index (χ0v) is 10.7. The molecule has 2 atom stereocenters. The van der Waals surface area contributed by atoms with Crippen molar-refractivity contribution in [2.24, 2.45) is 5.73 Å². The minimum Gasteiger partial charge on any atom is -0.465 e. The molecule has 1 aliphatic rings. The Balaban J connectivity index is 2.21. The largest absolute Gasteiger partial charge is 0.465 e. The van der Waals surface area contributed by atoms with Gasteiger partial charge in [-0.1, -0.05) is 6.92 Å². The highest BCUT2D eigenvalue weighted by atomic mass is 16.5. The van der Waals surface area contributed by atoms with E-state index in [2.05, 4.69) is 11.8 Å². The third kappa shape index (κ3) is 2.70. The van der Waals surface area contributed by atoms with Gasteiger partial charge >= 0.3 is 0 Å². The van der Waals surface area contributed by atoms with E-state index < -0.39 is 0 Å². The predicted octanol–water partition coefficient (Wildman–Crippen LogP) is 1.70. The second-order valence-electron chi connectivity index (χ2n) is 4.57. The van der Waals surface area contributed by atoms with Crippen molar-refractivity contribution in [3.63, 3.8) is 0 Å². The molecular formula is C13H22N2O2. The maximum Gasteiger partial charge on any atom is 0.124 e. The van der Waals surface area contributed by atoms with Gasteiger partial charge in [0.15, 0.2) is 0 Å². The van der Waals surface area contributed by atoms with Crippen molar-refractivity contribution in [3.05, 3.63) is 23.7 Å². The summed E-state index contributed by atoms with van der Waals surface area (Å²) in [6.45, 7) is 7.47. The van der Waals surface area contributed by atoms with Gasteiger partial charge in [0, 0.05) is 13.1 Å². The van der Waals surface area contributed by atoms with Gasteiger partial charge in [-0.25, -0.2) is 0 Å². The van der Waals surface area contributed by atoms with Gasteiger partial charge in [0.1, 0.15) is 11.5 Å². The van der Waals surface area contributed by atoms with Crippen LogP contribution < -0.4 is 5.73 Å². The summed E-state index contributed by atoms with van der Waals surface area (Å²) in [4.78, 5) is 2.42. The van der Waals surface area contributed by atoms with E-state index in [9.17, 15) is 0 Å². The molecule has 2 heterocycles. The molecule has 1 aromatic heterocycles. The molecule has 0 spiro atoms. The summed E-state index contributed by atoms with van der Waals surface area (Å²) in [5.41, 5.74) is 5.80. The Kier molecular flexibility index (Phi) is 4.20. The molecule has 2 rings (SSSR count). The van der Waals surface area contributed by atoms with Gasteiger partial charge in [0.2, 0.25) is 0 Å². The third-order valence-corrected chi connectivity index (χ3v) is 3.25. The van der Waals surface area contributed by atoms with Crippen molar-refractivity contribution in [3.8, 4) is 0 Å². The maximum atomic E-state index is 5.80. The minimum absolute atomic E-state index is 0.0425. The zero-order chi connectivity index (χ0) is 12.3. The molecule has 1 aromatic rings. The smallest absolute Gasteiger partial charge is 0.124 e. The Morgan fingerprint density at radius 1 is 1.47 bits per heavy atom. The van der Waals surface area contributed by atoms with Crippen LogP contribution in [0.3, 0.4) is 0 Å². The Hall–Kier alpha value is -0.840. The lowest BCUT2D eigenvalue weighted by Crippen LogP contribution is -2.48. The SMILES string of the molecule is CCCN1CCOC(CN)C1c1ccc(C)o1. The lowest BCUT2D eigenvalue weighted by molar-refractivity contribution is -0.0741. The first-order chi connectivity index (χ1) is 8.26. The van der Waals surface area contributed by atoms with Crippen LogP contribution in [-0.2, 0) is 4.74 Å². The van der Waals surface area contributed by atoms with Gasteiger partial charge in [-0.3, -0.25) is 4.90 Å². The molecule has 4 heteroatoms. The minimum atomic E-state index is 0.0425. The molecule has 1 fully saturated rings. The molecule has 2 N–H and O–H groups in total. The van der Waals surface area contributed by atoms with Crippen LogP contribution in [-0.4, -0.2) is 37.2 Å². The van der Waals surface area contributed by atoms with Gasteiger partial charge in [-0.2, -0.15) is 0 Å². The average Bonchev–Trinajstić information content (AvgIpc) is 2.75. The first-order valence-electron chi connectivity index (χ1n) is 6.38. The fourth-order valence-electron chi connectivity index (χ4n) is 2.50. The standard InChI is InChI=1S/C13H22N2O2/c1-3-6-15-7-8-16-12(9-14)13(15)11-5-4-10(2)17-11/h4-5,12-13H,3,6-9,14H2,1-2H3. The van der Waals surface area contributed by atoms with E-state index in [0.717, 1.165) is 37.6 Å². The molecule has 4 nitrogen and oxygen atoms in total. The number of rotatable bonds is 4. The molecule has 1 aliphatic heterocycles. The highest BCUT2D eigenvalue weighted by molar-refractivity contribution is 5.12. The van der Waals surface area contributed by atoms with Crippen LogP contribution in [0.1, 0.15) is 30.9 Å². The van der Waals surface area contributed by atoms with E-state index in [1.165, 1.54) is 0 Å². The van der Waals surface area contributed by atoms with Crippen LogP contribution in [0.4, 0.5) is 0 Å². The van der Waals surface area contributed by atoms with Crippen LogP contribution in [0.2, 0.25) is 0 Å². The first kappa shape index (κ1) is 12.6. The van der Waals surface area contributed by atoms with Crippen LogP contribution in [0.15, 0.2) is 16.5 Å². The highest BCUT2D eigenvalue weighted by Crippen LogP contribution is 2.30. The Morgan fingerprint density at radius 2 is 2.29 bits per heavy atom. The lowest BCUT2D eigenvalue weighted by Gasteiger charge is -2.39. The summed E-state index contributed by atoms with van der Waals surface area (Å²) in [6, 6.07) is 4.21. The van der Waals surface area contributed by atoms with Crippen LogP contribution in [0, 0.1) is 6.92 Å². The first-order valence-corrected chi connectivity index (χ1v) is 6.38. The number of aryl methyl sites for hydroxylation is 1. The van der Waals surface area contributed by atoms with Crippen molar-refractivity contribution < 1.29 is 9.15 Å². The number of furan rings is 1. The number of morpholine rings is 1. The molecule has 0 saturated carbocycles. The zero-order valence-electron chi connectivity index (χ0n) is 10.7. The summed E-state index contributed by atoms with van der Waals surface area (Å²) in [5, 5.41) is 0. The van der Waals surface area contributed by atoms with Crippen LogP contribution in [0.5, 0.6) is 0 Å². The van der Waals surface area contributed by atoms with Gasteiger partial charge in [0.25, 0.3) is 0 Å². The van der Waals surface area contributed by atoms with Crippen molar-refractivity contribution in [2.45, 2.75) is 32.4 Å². The maximum absolute atomic E-state index is 5.80. The molecule has 0 aliphatic carbocycles. The normalized spacial score (nSPS) is 26.3. The van der Waals surface area contributed by atoms with Crippen molar-refractivity contribution in [2.75, 3.05) is 26.2 Å².